The van der Waals surface area contributed by atoms with Gasteiger partial charge < -0.3 is 9.47 Å². The van der Waals surface area contributed by atoms with Crippen molar-refractivity contribution in [3.05, 3.63) is 58.4 Å². The van der Waals surface area contributed by atoms with E-state index in [-0.39, 0.29) is 29.6 Å². The van der Waals surface area contributed by atoms with Gasteiger partial charge in [0.25, 0.3) is 0 Å². The average molecular weight is 293 g/mol. The molecule has 0 atom stereocenters. The Hall–Kier alpha value is -2.07. The van der Waals surface area contributed by atoms with E-state index in [1.54, 1.807) is 24.3 Å². The molecule has 102 valence electrons. The molecule has 2 aromatic rings. The molecule has 5 heteroatoms. The lowest BCUT2D eigenvalue weighted by Gasteiger charge is -2.06. The first-order chi connectivity index (χ1) is 9.65. The zero-order chi connectivity index (χ0) is 14.1. The second-order valence-electron chi connectivity index (χ2n) is 4.37. The van der Waals surface area contributed by atoms with Crippen LogP contribution in [0.25, 0.3) is 0 Å². The Morgan fingerprint density at radius 2 is 2.00 bits per heavy atom. The highest BCUT2D eigenvalue weighted by molar-refractivity contribution is 6.31. The van der Waals surface area contributed by atoms with Crippen LogP contribution in [-0.2, 0) is 6.42 Å². The Bertz CT molecular complexity index is 665. The minimum Gasteiger partial charge on any atom is -0.454 e. The monoisotopic (exact) mass is 292 g/mol. The molecular weight excluding hydrogens is 283 g/mol. The van der Waals surface area contributed by atoms with Gasteiger partial charge in [-0.25, -0.2) is 4.39 Å². The van der Waals surface area contributed by atoms with E-state index in [0.29, 0.717) is 17.1 Å². The zero-order valence-corrected chi connectivity index (χ0v) is 11.1. The van der Waals surface area contributed by atoms with Crippen molar-refractivity contribution in [1.29, 1.82) is 0 Å². The van der Waals surface area contributed by atoms with Gasteiger partial charge in [-0.15, -0.1) is 0 Å². The van der Waals surface area contributed by atoms with Crippen LogP contribution in [0.15, 0.2) is 36.4 Å². The summed E-state index contributed by atoms with van der Waals surface area (Å²) in [4.78, 5) is 12.2. The van der Waals surface area contributed by atoms with Gasteiger partial charge in [0, 0.05) is 22.6 Å². The van der Waals surface area contributed by atoms with Gasteiger partial charge in [-0.05, 0) is 30.3 Å². The molecule has 20 heavy (non-hydrogen) atoms. The fraction of sp³-hybridized carbons (Fsp3) is 0.133. The van der Waals surface area contributed by atoms with Crippen molar-refractivity contribution in [2.75, 3.05) is 6.79 Å². The first-order valence-electron chi connectivity index (χ1n) is 6.01. The summed E-state index contributed by atoms with van der Waals surface area (Å²) in [5, 5.41) is 0.249. The highest BCUT2D eigenvalue weighted by Crippen LogP contribution is 2.33. The number of ketones is 1. The number of fused-ring (bicyclic) bond motifs is 1. The van der Waals surface area contributed by atoms with E-state index >= 15 is 0 Å². The standard InChI is InChI=1S/C15H10ClFO3/c16-11-2-1-3-12(17)10(11)7-13(18)9-4-5-14-15(6-9)20-8-19-14/h1-6H,7-8H2. The molecule has 0 bridgehead atoms. The SMILES string of the molecule is O=C(Cc1c(F)cccc1Cl)c1ccc2c(c1)OCO2. The van der Waals surface area contributed by atoms with E-state index < -0.39 is 5.82 Å². The molecule has 0 aromatic heterocycles. The molecule has 0 aliphatic carbocycles. The van der Waals surface area contributed by atoms with Gasteiger partial charge in [0.05, 0.1) is 0 Å². The molecule has 0 spiro atoms. The van der Waals surface area contributed by atoms with E-state index in [1.165, 1.54) is 12.1 Å². The Morgan fingerprint density at radius 1 is 1.20 bits per heavy atom. The Balaban J connectivity index is 1.86. The summed E-state index contributed by atoms with van der Waals surface area (Å²) < 4.78 is 24.1. The highest BCUT2D eigenvalue weighted by atomic mass is 35.5. The number of Topliss-reactive ketones (excluding diaryl/α,β-unsaturated/α-hetero) is 1. The van der Waals surface area contributed by atoms with Gasteiger partial charge >= 0.3 is 0 Å². The molecular formula is C15H10ClFO3. The summed E-state index contributed by atoms with van der Waals surface area (Å²) in [7, 11) is 0. The smallest absolute Gasteiger partial charge is 0.231 e. The lowest BCUT2D eigenvalue weighted by Crippen LogP contribution is -2.05. The van der Waals surface area contributed by atoms with Gasteiger partial charge in [-0.2, -0.15) is 0 Å². The second kappa shape index (κ2) is 5.13. The van der Waals surface area contributed by atoms with Gasteiger partial charge in [-0.3, -0.25) is 4.79 Å². The third-order valence-corrected chi connectivity index (χ3v) is 3.45. The number of hydrogen-bond donors (Lipinski definition) is 0. The van der Waals surface area contributed by atoms with Crippen molar-refractivity contribution >= 4 is 17.4 Å². The summed E-state index contributed by atoms with van der Waals surface area (Å²) in [6.45, 7) is 0.145. The van der Waals surface area contributed by atoms with Crippen LogP contribution in [0.1, 0.15) is 15.9 Å². The van der Waals surface area contributed by atoms with E-state index in [4.69, 9.17) is 21.1 Å². The molecule has 0 N–H and O–H groups in total. The minimum absolute atomic E-state index is 0.0921. The van der Waals surface area contributed by atoms with Crippen molar-refractivity contribution in [2.24, 2.45) is 0 Å². The summed E-state index contributed by atoms with van der Waals surface area (Å²) >= 11 is 5.92. The van der Waals surface area contributed by atoms with Gasteiger partial charge in [0.1, 0.15) is 5.82 Å². The molecule has 0 saturated heterocycles. The minimum atomic E-state index is -0.480. The number of carbonyl (C=O) groups excluding carboxylic acids is 1. The molecule has 3 rings (SSSR count). The number of hydrogen-bond acceptors (Lipinski definition) is 3. The van der Waals surface area contributed by atoms with Crippen LogP contribution in [0.4, 0.5) is 4.39 Å². The third kappa shape index (κ3) is 2.34. The quantitative estimate of drug-likeness (QED) is 0.810. The molecule has 0 unspecified atom stereocenters. The Morgan fingerprint density at radius 3 is 2.80 bits per heavy atom. The number of rotatable bonds is 3. The van der Waals surface area contributed by atoms with Crippen LogP contribution >= 0.6 is 11.6 Å². The number of carbonyl (C=O) groups is 1. The van der Waals surface area contributed by atoms with Crippen LogP contribution in [0.5, 0.6) is 11.5 Å². The molecule has 1 heterocycles. The van der Waals surface area contributed by atoms with Crippen LogP contribution in [0.2, 0.25) is 5.02 Å². The fourth-order valence-electron chi connectivity index (χ4n) is 2.03. The first kappa shape index (κ1) is 12.9. The van der Waals surface area contributed by atoms with Gasteiger partial charge in [-0.1, -0.05) is 17.7 Å². The molecule has 2 aromatic carbocycles. The fourth-order valence-corrected chi connectivity index (χ4v) is 2.26. The summed E-state index contributed by atoms with van der Waals surface area (Å²) in [5.74, 6) is 0.419. The summed E-state index contributed by atoms with van der Waals surface area (Å²) in [5.41, 5.74) is 0.644. The molecule has 0 saturated carbocycles. The first-order valence-corrected chi connectivity index (χ1v) is 6.38. The maximum absolute atomic E-state index is 13.7. The van der Waals surface area contributed by atoms with E-state index in [2.05, 4.69) is 0 Å². The average Bonchev–Trinajstić information content (AvgIpc) is 2.90. The predicted molar refractivity (Wildman–Crippen MR) is 72.0 cm³/mol. The molecule has 0 amide bonds. The van der Waals surface area contributed by atoms with Gasteiger partial charge in [0.15, 0.2) is 17.3 Å². The van der Waals surface area contributed by atoms with Crippen LogP contribution in [0, 0.1) is 5.82 Å². The van der Waals surface area contributed by atoms with Crippen LogP contribution < -0.4 is 9.47 Å². The van der Waals surface area contributed by atoms with E-state index in [1.807, 2.05) is 0 Å². The molecule has 3 nitrogen and oxygen atoms in total. The van der Waals surface area contributed by atoms with Crippen molar-refractivity contribution in [3.8, 4) is 11.5 Å². The maximum atomic E-state index is 13.7. The van der Waals surface area contributed by atoms with Crippen LogP contribution in [0.3, 0.4) is 0 Å². The Kier molecular flexibility index (Phi) is 3.32. The number of benzene rings is 2. The molecule has 0 fully saturated rings. The van der Waals surface area contributed by atoms with E-state index in [9.17, 15) is 9.18 Å². The normalized spacial score (nSPS) is 12.5. The summed E-state index contributed by atoms with van der Waals surface area (Å²) in [6.07, 6.45) is -0.0921. The van der Waals surface area contributed by atoms with E-state index in [0.717, 1.165) is 0 Å². The van der Waals surface area contributed by atoms with Gasteiger partial charge in [0.2, 0.25) is 6.79 Å². The van der Waals surface area contributed by atoms with Crippen molar-refractivity contribution in [2.45, 2.75) is 6.42 Å². The predicted octanol–water partition coefficient (Wildman–Crippen LogP) is 3.63. The second-order valence-corrected chi connectivity index (χ2v) is 4.78. The number of halogens is 2. The topological polar surface area (TPSA) is 35.5 Å². The molecule has 1 aliphatic heterocycles. The molecule has 1 aliphatic rings. The zero-order valence-electron chi connectivity index (χ0n) is 10.4. The third-order valence-electron chi connectivity index (χ3n) is 3.09. The Labute approximate surface area is 119 Å². The van der Waals surface area contributed by atoms with Crippen molar-refractivity contribution in [1.82, 2.24) is 0 Å². The van der Waals surface area contributed by atoms with Crippen molar-refractivity contribution < 1.29 is 18.7 Å². The summed E-state index contributed by atoms with van der Waals surface area (Å²) in [6, 6.07) is 9.25. The lowest BCUT2D eigenvalue weighted by atomic mass is 10.0. The maximum Gasteiger partial charge on any atom is 0.231 e. The van der Waals surface area contributed by atoms with Crippen LogP contribution in [-0.4, -0.2) is 12.6 Å². The molecule has 0 radical (unpaired) electrons. The lowest BCUT2D eigenvalue weighted by molar-refractivity contribution is 0.0991. The van der Waals surface area contributed by atoms with Crippen molar-refractivity contribution in [3.63, 3.8) is 0 Å². The highest BCUT2D eigenvalue weighted by Gasteiger charge is 2.18. The largest absolute Gasteiger partial charge is 0.454 e. The number of ether oxygens (including phenoxy) is 2.